The lowest BCUT2D eigenvalue weighted by molar-refractivity contribution is -0.268. The van der Waals surface area contributed by atoms with Gasteiger partial charge in [-0.15, -0.1) is 0 Å². The largest absolute Gasteiger partial charge is 0.471 e. The molecule has 0 unspecified atom stereocenters. The van der Waals surface area contributed by atoms with Gasteiger partial charge in [0, 0.05) is 36.1 Å². The quantitative estimate of drug-likeness (QED) is 0.358. The van der Waals surface area contributed by atoms with E-state index in [1.54, 1.807) is 23.9 Å². The van der Waals surface area contributed by atoms with Crippen LogP contribution in [-0.4, -0.2) is 69.9 Å². The molecule has 2 heterocycles. The van der Waals surface area contributed by atoms with Crippen molar-refractivity contribution in [2.75, 3.05) is 24.7 Å². The molecule has 0 bridgehead atoms. The molecule has 2 aromatic rings. The van der Waals surface area contributed by atoms with E-state index in [0.29, 0.717) is 22.8 Å². The maximum atomic E-state index is 12.9. The van der Waals surface area contributed by atoms with Crippen LogP contribution in [0.2, 0.25) is 0 Å². The Morgan fingerprint density at radius 1 is 1.02 bits per heavy atom. The summed E-state index contributed by atoms with van der Waals surface area (Å²) < 4.78 is 51.4. The number of hydrogen-bond acceptors (Lipinski definition) is 7. The first-order chi connectivity index (χ1) is 19.6. The minimum absolute atomic E-state index is 0.0197. The van der Waals surface area contributed by atoms with Gasteiger partial charge in [-0.3, -0.25) is 9.59 Å². The van der Waals surface area contributed by atoms with Crippen molar-refractivity contribution in [1.82, 2.24) is 10.2 Å². The standard InChI is InChI=1S/C29H35F3N2O6S/c1-18-24(17-41-14-13-35)39-27(40-25(18)21-8-6-20(16-36)7-9-21)22-10-4-19(5-11-22)15-33-26(37)23-3-2-12-34(23)28(38)29(30,31)32/h4-11,18,23-25,27,35-36H,2-3,12-17H2,1H3,(H,33,37)/t18-,23+,24+,25+,27+/m1/s1. The average Bonchev–Trinajstić information content (AvgIpc) is 3.46. The first-order valence-corrected chi connectivity index (χ1v) is 14.7. The van der Waals surface area contributed by atoms with E-state index in [2.05, 4.69) is 12.2 Å². The fourth-order valence-electron chi connectivity index (χ4n) is 5.12. The van der Waals surface area contributed by atoms with Gasteiger partial charge in [0.15, 0.2) is 6.29 Å². The number of ether oxygens (including phenoxy) is 2. The maximum Gasteiger partial charge on any atom is 0.471 e. The number of halogens is 3. The number of carbonyl (C=O) groups excluding carboxylic acids is 2. The molecule has 2 aromatic carbocycles. The van der Waals surface area contributed by atoms with Gasteiger partial charge >= 0.3 is 12.1 Å². The highest BCUT2D eigenvalue weighted by molar-refractivity contribution is 7.99. The van der Waals surface area contributed by atoms with Crippen molar-refractivity contribution >= 4 is 23.6 Å². The number of aliphatic hydroxyl groups is 2. The molecule has 2 amide bonds. The molecule has 8 nitrogen and oxygen atoms in total. The number of likely N-dealkylation sites (tertiary alicyclic amines) is 1. The van der Waals surface area contributed by atoms with Crippen LogP contribution in [-0.2, 0) is 32.2 Å². The molecule has 0 aliphatic carbocycles. The zero-order chi connectivity index (χ0) is 29.6. The number of benzene rings is 2. The summed E-state index contributed by atoms with van der Waals surface area (Å²) in [5, 5.41) is 21.3. The Labute approximate surface area is 241 Å². The number of alkyl halides is 3. The van der Waals surface area contributed by atoms with E-state index in [-0.39, 0.29) is 50.8 Å². The molecule has 2 aliphatic rings. The summed E-state index contributed by atoms with van der Waals surface area (Å²) in [7, 11) is 0. The van der Waals surface area contributed by atoms with Crippen LogP contribution < -0.4 is 5.32 Å². The molecule has 0 spiro atoms. The minimum Gasteiger partial charge on any atom is -0.396 e. The lowest BCUT2D eigenvalue weighted by Crippen LogP contribution is -2.50. The first-order valence-electron chi connectivity index (χ1n) is 13.6. The second-order valence-electron chi connectivity index (χ2n) is 10.2. The molecule has 2 aliphatic heterocycles. The summed E-state index contributed by atoms with van der Waals surface area (Å²) in [5.74, 6) is -1.32. The van der Waals surface area contributed by atoms with Crippen molar-refractivity contribution in [2.45, 2.75) is 63.6 Å². The van der Waals surface area contributed by atoms with Gasteiger partial charge in [-0.2, -0.15) is 24.9 Å². The minimum atomic E-state index is -5.02. The lowest BCUT2D eigenvalue weighted by Gasteiger charge is -2.41. The number of amides is 2. The highest BCUT2D eigenvalue weighted by Crippen LogP contribution is 2.42. The molecule has 2 saturated heterocycles. The van der Waals surface area contributed by atoms with Gasteiger partial charge < -0.3 is 29.9 Å². The number of carbonyl (C=O) groups is 2. The van der Waals surface area contributed by atoms with Crippen LogP contribution in [0.1, 0.15) is 54.4 Å². The van der Waals surface area contributed by atoms with Crippen LogP contribution in [0.4, 0.5) is 13.2 Å². The molecule has 0 saturated carbocycles. The predicted molar refractivity (Wildman–Crippen MR) is 146 cm³/mol. The van der Waals surface area contributed by atoms with Crippen molar-refractivity contribution in [3.05, 3.63) is 70.8 Å². The number of thioether (sulfide) groups is 1. The molecule has 2 fully saturated rings. The number of hydrogen-bond donors (Lipinski definition) is 3. The van der Waals surface area contributed by atoms with E-state index in [1.807, 2.05) is 36.4 Å². The average molecular weight is 597 g/mol. The molecular formula is C29H35F3N2O6S. The molecule has 0 aromatic heterocycles. The summed E-state index contributed by atoms with van der Waals surface area (Å²) in [6.45, 7) is 2.08. The summed E-state index contributed by atoms with van der Waals surface area (Å²) in [6.07, 6.45) is -5.59. The number of rotatable bonds is 10. The van der Waals surface area contributed by atoms with Crippen molar-refractivity contribution in [2.24, 2.45) is 5.92 Å². The van der Waals surface area contributed by atoms with Crippen LogP contribution in [0.25, 0.3) is 0 Å². The number of nitrogens with zero attached hydrogens (tertiary/aromatic N) is 1. The van der Waals surface area contributed by atoms with Crippen LogP contribution in [0.15, 0.2) is 48.5 Å². The maximum absolute atomic E-state index is 12.9. The van der Waals surface area contributed by atoms with Crippen LogP contribution in [0.3, 0.4) is 0 Å². The van der Waals surface area contributed by atoms with E-state index in [0.717, 1.165) is 22.3 Å². The molecule has 41 heavy (non-hydrogen) atoms. The smallest absolute Gasteiger partial charge is 0.396 e. The van der Waals surface area contributed by atoms with Gasteiger partial charge in [0.1, 0.15) is 6.04 Å². The molecule has 224 valence electrons. The van der Waals surface area contributed by atoms with Crippen molar-refractivity contribution in [3.8, 4) is 0 Å². The van der Waals surface area contributed by atoms with Crippen molar-refractivity contribution in [3.63, 3.8) is 0 Å². The van der Waals surface area contributed by atoms with Gasteiger partial charge in [0.2, 0.25) is 5.91 Å². The van der Waals surface area contributed by atoms with E-state index in [9.17, 15) is 33.0 Å². The summed E-state index contributed by atoms with van der Waals surface area (Å²) in [4.78, 5) is 24.9. The lowest BCUT2D eigenvalue weighted by atomic mass is 9.91. The Kier molecular flexibility index (Phi) is 10.7. The Bertz CT molecular complexity index is 1160. The third kappa shape index (κ3) is 7.81. The Morgan fingerprint density at radius 3 is 2.32 bits per heavy atom. The predicted octanol–water partition coefficient (Wildman–Crippen LogP) is 3.87. The van der Waals surface area contributed by atoms with Gasteiger partial charge in [0.05, 0.1) is 25.4 Å². The Morgan fingerprint density at radius 2 is 1.68 bits per heavy atom. The number of nitrogens with one attached hydrogen (secondary N) is 1. The molecule has 3 N–H and O–H groups in total. The second kappa shape index (κ2) is 14.0. The van der Waals surface area contributed by atoms with Gasteiger partial charge in [-0.1, -0.05) is 55.5 Å². The molecule has 4 rings (SSSR count). The van der Waals surface area contributed by atoms with E-state index >= 15 is 0 Å². The third-order valence-corrected chi connectivity index (χ3v) is 8.45. The fourth-order valence-corrected chi connectivity index (χ4v) is 6.03. The van der Waals surface area contributed by atoms with Gasteiger partial charge in [0.25, 0.3) is 0 Å². The van der Waals surface area contributed by atoms with E-state index in [4.69, 9.17) is 9.47 Å². The van der Waals surface area contributed by atoms with Gasteiger partial charge in [-0.05, 0) is 29.5 Å². The Balaban J connectivity index is 1.42. The van der Waals surface area contributed by atoms with Crippen LogP contribution in [0, 0.1) is 5.92 Å². The SMILES string of the molecule is C[C@@H]1[C@H](CSCCO)O[C@H](c2ccc(CNC(=O)[C@@H]3CCCN3C(=O)C(F)(F)F)cc2)O[C@@H]1c1ccc(CO)cc1. The van der Waals surface area contributed by atoms with E-state index < -0.39 is 30.3 Å². The third-order valence-electron chi connectivity index (χ3n) is 7.42. The van der Waals surface area contributed by atoms with E-state index in [1.165, 1.54) is 0 Å². The summed E-state index contributed by atoms with van der Waals surface area (Å²) in [5.41, 5.74) is 3.25. The van der Waals surface area contributed by atoms with Crippen LogP contribution >= 0.6 is 11.8 Å². The van der Waals surface area contributed by atoms with Gasteiger partial charge in [-0.25, -0.2) is 0 Å². The van der Waals surface area contributed by atoms with Crippen molar-refractivity contribution < 1.29 is 42.4 Å². The zero-order valence-corrected chi connectivity index (χ0v) is 23.5. The molecule has 12 heteroatoms. The monoisotopic (exact) mass is 596 g/mol. The topological polar surface area (TPSA) is 108 Å². The van der Waals surface area contributed by atoms with Crippen molar-refractivity contribution in [1.29, 1.82) is 0 Å². The number of aliphatic hydroxyl groups excluding tert-OH is 2. The summed E-state index contributed by atoms with van der Waals surface area (Å²) >= 11 is 1.60. The van der Waals surface area contributed by atoms with Crippen LogP contribution in [0.5, 0.6) is 0 Å². The molecule has 5 atom stereocenters. The molecular weight excluding hydrogens is 561 g/mol. The fraction of sp³-hybridized carbons (Fsp3) is 0.517. The molecule has 0 radical (unpaired) electrons. The first kappa shape index (κ1) is 31.3. The highest BCUT2D eigenvalue weighted by Gasteiger charge is 2.47. The highest BCUT2D eigenvalue weighted by atomic mass is 32.2. The summed E-state index contributed by atoms with van der Waals surface area (Å²) in [6, 6.07) is 13.7. The zero-order valence-electron chi connectivity index (χ0n) is 22.7. The Hall–Kier alpha value is -2.64. The normalized spacial score (nSPS) is 24.8. The second-order valence-corrected chi connectivity index (χ2v) is 11.4.